The van der Waals surface area contributed by atoms with Crippen molar-refractivity contribution in [3.63, 3.8) is 0 Å². The fourth-order valence-electron chi connectivity index (χ4n) is 3.04. The first-order valence-corrected chi connectivity index (χ1v) is 8.72. The van der Waals surface area contributed by atoms with E-state index in [1.54, 1.807) is 30.6 Å². The Labute approximate surface area is 165 Å². The van der Waals surface area contributed by atoms with E-state index >= 15 is 0 Å². The molecule has 29 heavy (non-hydrogen) atoms. The molecule has 0 saturated carbocycles. The van der Waals surface area contributed by atoms with Crippen LogP contribution in [0.1, 0.15) is 16.1 Å². The van der Waals surface area contributed by atoms with Crippen molar-refractivity contribution in [2.45, 2.75) is 0 Å². The van der Waals surface area contributed by atoms with Crippen LogP contribution in [0.3, 0.4) is 0 Å². The summed E-state index contributed by atoms with van der Waals surface area (Å²) in [5.74, 6) is -0.451. The number of carbonyl (C=O) groups is 1. The second-order valence-electron chi connectivity index (χ2n) is 6.21. The topological polar surface area (TPSA) is 113 Å². The van der Waals surface area contributed by atoms with E-state index in [0.717, 1.165) is 11.1 Å². The van der Waals surface area contributed by atoms with Gasteiger partial charge in [-0.25, -0.2) is 5.43 Å². The number of hydrazone groups is 1. The van der Waals surface area contributed by atoms with Gasteiger partial charge in [-0.3, -0.25) is 19.9 Å². The zero-order chi connectivity index (χ0) is 20.2. The molecule has 0 unspecified atom stereocenters. The van der Waals surface area contributed by atoms with Gasteiger partial charge in [0.05, 0.1) is 11.1 Å². The maximum Gasteiger partial charge on any atom is 0.288 e. The molecule has 8 nitrogen and oxygen atoms in total. The van der Waals surface area contributed by atoms with E-state index in [2.05, 4.69) is 20.5 Å². The number of nitrogens with one attached hydrogen (secondary N) is 2. The van der Waals surface area contributed by atoms with Crippen LogP contribution in [-0.4, -0.2) is 27.0 Å². The molecule has 2 heterocycles. The number of hydrogen-bond donors (Lipinski definition) is 2. The summed E-state index contributed by atoms with van der Waals surface area (Å²) in [6.45, 7) is 0. The van der Waals surface area contributed by atoms with E-state index in [0.29, 0.717) is 16.5 Å². The highest BCUT2D eigenvalue weighted by atomic mass is 16.6. The van der Waals surface area contributed by atoms with Crippen LogP contribution in [0.4, 0.5) is 5.69 Å². The number of benzene rings is 2. The predicted octanol–water partition coefficient (Wildman–Crippen LogP) is 3.90. The van der Waals surface area contributed by atoms with Gasteiger partial charge in [0.2, 0.25) is 0 Å². The molecule has 2 N–H and O–H groups in total. The number of amides is 1. The lowest BCUT2D eigenvalue weighted by atomic mass is 10.0. The van der Waals surface area contributed by atoms with Gasteiger partial charge in [0.25, 0.3) is 11.6 Å². The average Bonchev–Trinajstić information content (AvgIpc) is 3.14. The van der Waals surface area contributed by atoms with Crippen LogP contribution in [0.25, 0.3) is 22.0 Å². The Morgan fingerprint density at radius 3 is 2.59 bits per heavy atom. The summed E-state index contributed by atoms with van der Waals surface area (Å²) in [7, 11) is 0. The number of fused-ring (bicyclic) bond motifs is 1. The quantitative estimate of drug-likeness (QED) is 0.308. The summed E-state index contributed by atoms with van der Waals surface area (Å²) in [5, 5.41) is 15.8. The Morgan fingerprint density at radius 2 is 1.86 bits per heavy atom. The van der Waals surface area contributed by atoms with Crippen molar-refractivity contribution >= 4 is 28.7 Å². The smallest absolute Gasteiger partial charge is 0.288 e. The third-order valence-electron chi connectivity index (χ3n) is 4.37. The van der Waals surface area contributed by atoms with E-state index in [1.165, 1.54) is 18.3 Å². The highest BCUT2D eigenvalue weighted by molar-refractivity contribution is 6.10. The molecule has 0 saturated heterocycles. The standard InChI is InChI=1S/C21H15N5O3/c27-21(25-23-13-14-8-10-22-11-9-14)20-19(15-4-2-1-3-5-15)17-12-16(26(28)29)6-7-18(17)24-20/h1-13,24H,(H,25,27). The largest absolute Gasteiger partial charge is 0.350 e. The van der Waals surface area contributed by atoms with Crippen molar-refractivity contribution in [2.24, 2.45) is 5.10 Å². The fraction of sp³-hybridized carbons (Fsp3) is 0. The molecule has 0 bridgehead atoms. The zero-order valence-electron chi connectivity index (χ0n) is 15.1. The van der Waals surface area contributed by atoms with Crippen LogP contribution in [0.2, 0.25) is 0 Å². The number of carbonyl (C=O) groups excluding carboxylic acids is 1. The third kappa shape index (κ3) is 3.72. The Hall–Kier alpha value is -4.33. The van der Waals surface area contributed by atoms with Crippen LogP contribution < -0.4 is 5.43 Å². The lowest BCUT2D eigenvalue weighted by Gasteiger charge is -2.04. The maximum absolute atomic E-state index is 12.8. The van der Waals surface area contributed by atoms with Gasteiger partial charge in [-0.2, -0.15) is 5.10 Å². The Balaban J connectivity index is 1.76. The van der Waals surface area contributed by atoms with Crippen molar-refractivity contribution < 1.29 is 9.72 Å². The van der Waals surface area contributed by atoms with Gasteiger partial charge in [-0.15, -0.1) is 0 Å². The lowest BCUT2D eigenvalue weighted by molar-refractivity contribution is -0.384. The van der Waals surface area contributed by atoms with Crippen LogP contribution in [0.5, 0.6) is 0 Å². The minimum Gasteiger partial charge on any atom is -0.350 e. The minimum atomic E-state index is -0.458. The van der Waals surface area contributed by atoms with E-state index in [1.807, 2.05) is 30.3 Å². The number of H-pyrrole nitrogens is 1. The first-order valence-electron chi connectivity index (χ1n) is 8.72. The normalized spacial score (nSPS) is 11.0. The second kappa shape index (κ2) is 7.73. The number of pyridine rings is 1. The molecule has 0 aliphatic heterocycles. The summed E-state index contributed by atoms with van der Waals surface area (Å²) >= 11 is 0. The van der Waals surface area contributed by atoms with E-state index < -0.39 is 10.8 Å². The van der Waals surface area contributed by atoms with Crippen LogP contribution in [0.15, 0.2) is 78.2 Å². The molecular weight excluding hydrogens is 370 g/mol. The molecule has 0 spiro atoms. The van der Waals surface area contributed by atoms with Gasteiger partial charge >= 0.3 is 0 Å². The van der Waals surface area contributed by atoms with Gasteiger partial charge in [-0.05, 0) is 29.3 Å². The molecule has 1 amide bonds. The number of aromatic nitrogens is 2. The number of non-ortho nitro benzene ring substituents is 1. The van der Waals surface area contributed by atoms with Crippen molar-refractivity contribution in [3.05, 3.63) is 94.4 Å². The molecule has 2 aromatic heterocycles. The summed E-state index contributed by atoms with van der Waals surface area (Å²) in [5.41, 5.74) is 5.49. The monoisotopic (exact) mass is 385 g/mol. The molecule has 0 atom stereocenters. The molecule has 0 fully saturated rings. The summed E-state index contributed by atoms with van der Waals surface area (Å²) in [4.78, 5) is 30.5. The molecule has 0 aliphatic carbocycles. The fourth-order valence-corrected chi connectivity index (χ4v) is 3.04. The SMILES string of the molecule is O=C(NN=Cc1ccncc1)c1[nH]c2ccc([N+](=O)[O-])cc2c1-c1ccccc1. The summed E-state index contributed by atoms with van der Waals surface area (Å²) in [6.07, 6.45) is 4.76. The first kappa shape index (κ1) is 18.1. The van der Waals surface area contributed by atoms with Crippen LogP contribution >= 0.6 is 0 Å². The number of nitro benzene ring substituents is 1. The molecule has 4 aromatic rings. The number of aromatic amines is 1. The van der Waals surface area contributed by atoms with Crippen molar-refractivity contribution in [1.29, 1.82) is 0 Å². The zero-order valence-corrected chi connectivity index (χ0v) is 15.1. The highest BCUT2D eigenvalue weighted by Crippen LogP contribution is 2.34. The van der Waals surface area contributed by atoms with Gasteiger partial charge in [0.1, 0.15) is 5.69 Å². The van der Waals surface area contributed by atoms with Gasteiger partial charge in [-0.1, -0.05) is 30.3 Å². The van der Waals surface area contributed by atoms with Gasteiger partial charge in [0.15, 0.2) is 0 Å². The Bertz CT molecular complexity index is 1220. The van der Waals surface area contributed by atoms with Crippen LogP contribution in [-0.2, 0) is 0 Å². The van der Waals surface area contributed by atoms with E-state index in [9.17, 15) is 14.9 Å². The molecule has 142 valence electrons. The maximum atomic E-state index is 12.8. The molecule has 8 heteroatoms. The average molecular weight is 385 g/mol. The lowest BCUT2D eigenvalue weighted by Crippen LogP contribution is -2.18. The molecular formula is C21H15N5O3. The highest BCUT2D eigenvalue weighted by Gasteiger charge is 2.21. The van der Waals surface area contributed by atoms with Gasteiger partial charge < -0.3 is 4.98 Å². The van der Waals surface area contributed by atoms with Gasteiger partial charge in [0, 0.05) is 41.0 Å². The van der Waals surface area contributed by atoms with Crippen molar-refractivity contribution in [2.75, 3.05) is 0 Å². The number of hydrogen-bond acceptors (Lipinski definition) is 5. The van der Waals surface area contributed by atoms with Crippen LogP contribution in [0, 0.1) is 10.1 Å². The molecule has 0 radical (unpaired) electrons. The molecule has 4 rings (SSSR count). The van der Waals surface area contributed by atoms with E-state index in [4.69, 9.17) is 0 Å². The Kier molecular flexibility index (Phi) is 4.81. The predicted molar refractivity (Wildman–Crippen MR) is 110 cm³/mol. The first-order chi connectivity index (χ1) is 14.1. The van der Waals surface area contributed by atoms with E-state index in [-0.39, 0.29) is 11.4 Å². The number of nitrogens with zero attached hydrogens (tertiary/aromatic N) is 3. The number of rotatable bonds is 5. The minimum absolute atomic E-state index is 0.0450. The molecule has 2 aromatic carbocycles. The summed E-state index contributed by atoms with van der Waals surface area (Å²) in [6, 6.07) is 17.2. The molecule has 0 aliphatic rings. The third-order valence-corrected chi connectivity index (χ3v) is 4.37. The Morgan fingerprint density at radius 1 is 1.10 bits per heavy atom. The number of nitro groups is 1. The van der Waals surface area contributed by atoms with Crippen molar-refractivity contribution in [3.8, 4) is 11.1 Å². The summed E-state index contributed by atoms with van der Waals surface area (Å²) < 4.78 is 0. The second-order valence-corrected chi connectivity index (χ2v) is 6.21. The van der Waals surface area contributed by atoms with Crippen molar-refractivity contribution in [1.82, 2.24) is 15.4 Å².